The monoisotopic (exact) mass is 210 g/mol. The fourth-order valence-electron chi connectivity index (χ4n) is 1.59. The largest absolute Gasteiger partial charge is 0.497 e. The molecule has 84 valence electrons. The van der Waals surface area contributed by atoms with E-state index in [1.165, 1.54) is 0 Å². The number of hydrogen-bond acceptors (Lipinski definition) is 3. The van der Waals surface area contributed by atoms with Gasteiger partial charge in [0.25, 0.3) is 0 Å². The summed E-state index contributed by atoms with van der Waals surface area (Å²) in [5.41, 5.74) is 1.06. The number of rotatable bonds is 5. The molecule has 0 bridgehead atoms. The van der Waals surface area contributed by atoms with Crippen molar-refractivity contribution in [1.29, 1.82) is 0 Å². The minimum atomic E-state index is -0.0686. The Morgan fingerprint density at radius 3 is 2.20 bits per heavy atom. The molecule has 0 amide bonds. The lowest BCUT2D eigenvalue weighted by Gasteiger charge is -2.21. The van der Waals surface area contributed by atoms with Gasteiger partial charge in [-0.1, -0.05) is 19.1 Å². The first-order valence-corrected chi connectivity index (χ1v) is 5.00. The van der Waals surface area contributed by atoms with Gasteiger partial charge in [-0.25, -0.2) is 0 Å². The summed E-state index contributed by atoms with van der Waals surface area (Å²) in [6.45, 7) is 2.07. The van der Waals surface area contributed by atoms with Gasteiger partial charge in [-0.3, -0.25) is 0 Å². The van der Waals surface area contributed by atoms with Crippen LogP contribution in [0.4, 0.5) is 0 Å². The minimum Gasteiger partial charge on any atom is -0.497 e. The number of hydrogen-bond donors (Lipinski definition) is 1. The minimum absolute atomic E-state index is 0.0686. The van der Waals surface area contributed by atoms with Crippen molar-refractivity contribution in [2.45, 2.75) is 13.0 Å². The molecular weight excluding hydrogens is 192 g/mol. The number of benzene rings is 1. The standard InChI is InChI=1S/C12H18O3/c1-9(8-13)12(15-3)10-4-6-11(14-2)7-5-10/h4-7,9,12-13H,8H2,1-3H3/t9-,12+/m0/s1. The van der Waals surface area contributed by atoms with E-state index in [9.17, 15) is 0 Å². The Morgan fingerprint density at radius 1 is 1.20 bits per heavy atom. The normalized spacial score (nSPS) is 14.7. The van der Waals surface area contributed by atoms with E-state index in [2.05, 4.69) is 0 Å². The zero-order valence-corrected chi connectivity index (χ0v) is 9.43. The molecule has 0 spiro atoms. The first-order valence-electron chi connectivity index (χ1n) is 5.00. The fourth-order valence-corrected chi connectivity index (χ4v) is 1.59. The van der Waals surface area contributed by atoms with Gasteiger partial charge in [0.05, 0.1) is 13.2 Å². The molecule has 1 aromatic carbocycles. The molecule has 0 aliphatic carbocycles. The Labute approximate surface area is 90.6 Å². The molecule has 0 unspecified atom stereocenters. The summed E-state index contributed by atoms with van der Waals surface area (Å²) in [7, 11) is 3.29. The molecule has 0 saturated carbocycles. The summed E-state index contributed by atoms with van der Waals surface area (Å²) in [5, 5.41) is 9.09. The summed E-state index contributed by atoms with van der Waals surface area (Å²) in [6, 6.07) is 7.70. The predicted octanol–water partition coefficient (Wildman–Crippen LogP) is 2.01. The van der Waals surface area contributed by atoms with Crippen molar-refractivity contribution in [3.63, 3.8) is 0 Å². The van der Waals surface area contributed by atoms with Crippen LogP contribution in [-0.2, 0) is 4.74 Å². The van der Waals surface area contributed by atoms with Crippen molar-refractivity contribution >= 4 is 0 Å². The highest BCUT2D eigenvalue weighted by Crippen LogP contribution is 2.26. The first-order chi connectivity index (χ1) is 7.22. The average Bonchev–Trinajstić information content (AvgIpc) is 2.30. The van der Waals surface area contributed by atoms with Gasteiger partial charge >= 0.3 is 0 Å². The lowest BCUT2D eigenvalue weighted by Crippen LogP contribution is -2.15. The van der Waals surface area contributed by atoms with Crippen molar-refractivity contribution in [3.8, 4) is 5.75 Å². The molecule has 3 heteroatoms. The SMILES string of the molecule is COc1ccc([C@H](OC)[C@@H](C)CO)cc1. The third-order valence-electron chi connectivity index (χ3n) is 2.50. The van der Waals surface area contributed by atoms with E-state index >= 15 is 0 Å². The lowest BCUT2D eigenvalue weighted by atomic mass is 9.98. The van der Waals surface area contributed by atoms with Crippen LogP contribution in [0.15, 0.2) is 24.3 Å². The number of aliphatic hydroxyl groups excluding tert-OH is 1. The summed E-state index contributed by atoms with van der Waals surface area (Å²) >= 11 is 0. The van der Waals surface area contributed by atoms with E-state index in [0.29, 0.717) is 0 Å². The van der Waals surface area contributed by atoms with Gasteiger partial charge in [0.2, 0.25) is 0 Å². The summed E-state index contributed by atoms with van der Waals surface area (Å²) in [6.07, 6.45) is -0.0686. The number of ether oxygens (including phenoxy) is 2. The summed E-state index contributed by atoms with van der Waals surface area (Å²) < 4.78 is 10.4. The molecule has 1 rings (SSSR count). The molecule has 0 aliphatic rings. The van der Waals surface area contributed by atoms with Crippen molar-refractivity contribution in [2.24, 2.45) is 5.92 Å². The second-order valence-electron chi connectivity index (χ2n) is 3.59. The van der Waals surface area contributed by atoms with Crippen LogP contribution in [0.25, 0.3) is 0 Å². The predicted molar refractivity (Wildman–Crippen MR) is 59.0 cm³/mol. The maximum absolute atomic E-state index is 9.09. The van der Waals surface area contributed by atoms with Crippen LogP contribution in [-0.4, -0.2) is 25.9 Å². The highest BCUT2D eigenvalue weighted by atomic mass is 16.5. The van der Waals surface area contributed by atoms with E-state index in [4.69, 9.17) is 14.6 Å². The molecule has 0 saturated heterocycles. The molecule has 0 heterocycles. The molecule has 0 aromatic heterocycles. The molecule has 2 atom stereocenters. The van der Waals surface area contributed by atoms with Crippen LogP contribution in [0.5, 0.6) is 5.75 Å². The van der Waals surface area contributed by atoms with Crippen molar-refractivity contribution in [3.05, 3.63) is 29.8 Å². The van der Waals surface area contributed by atoms with E-state index in [1.807, 2.05) is 31.2 Å². The second-order valence-corrected chi connectivity index (χ2v) is 3.59. The zero-order chi connectivity index (χ0) is 11.3. The topological polar surface area (TPSA) is 38.7 Å². The van der Waals surface area contributed by atoms with E-state index in [0.717, 1.165) is 11.3 Å². The van der Waals surface area contributed by atoms with E-state index in [1.54, 1.807) is 14.2 Å². The molecule has 15 heavy (non-hydrogen) atoms. The molecule has 0 aliphatic heterocycles. The molecule has 0 radical (unpaired) electrons. The third-order valence-corrected chi connectivity index (χ3v) is 2.50. The van der Waals surface area contributed by atoms with Gasteiger partial charge in [0, 0.05) is 19.6 Å². The van der Waals surface area contributed by atoms with Crippen LogP contribution in [0.2, 0.25) is 0 Å². The van der Waals surface area contributed by atoms with E-state index in [-0.39, 0.29) is 18.6 Å². The van der Waals surface area contributed by atoms with Crippen LogP contribution < -0.4 is 4.74 Å². The molecule has 0 fully saturated rings. The van der Waals surface area contributed by atoms with Gasteiger partial charge in [-0.2, -0.15) is 0 Å². The zero-order valence-electron chi connectivity index (χ0n) is 9.43. The molecule has 1 N–H and O–H groups in total. The van der Waals surface area contributed by atoms with Gasteiger partial charge in [-0.15, -0.1) is 0 Å². The Morgan fingerprint density at radius 2 is 1.80 bits per heavy atom. The van der Waals surface area contributed by atoms with Crippen LogP contribution >= 0.6 is 0 Å². The average molecular weight is 210 g/mol. The van der Waals surface area contributed by atoms with Crippen LogP contribution in [0.3, 0.4) is 0 Å². The highest BCUT2D eigenvalue weighted by Gasteiger charge is 2.17. The molecule has 3 nitrogen and oxygen atoms in total. The third kappa shape index (κ3) is 2.94. The summed E-state index contributed by atoms with van der Waals surface area (Å²) in [5.74, 6) is 0.911. The van der Waals surface area contributed by atoms with Gasteiger partial charge in [-0.05, 0) is 17.7 Å². The second kappa shape index (κ2) is 5.73. The number of methoxy groups -OCH3 is 2. The van der Waals surface area contributed by atoms with Crippen molar-refractivity contribution < 1.29 is 14.6 Å². The van der Waals surface area contributed by atoms with E-state index < -0.39 is 0 Å². The van der Waals surface area contributed by atoms with Crippen LogP contribution in [0, 0.1) is 5.92 Å². The first kappa shape index (κ1) is 12.0. The Hall–Kier alpha value is -1.06. The molecule has 1 aromatic rings. The van der Waals surface area contributed by atoms with Gasteiger partial charge < -0.3 is 14.6 Å². The maximum Gasteiger partial charge on any atom is 0.118 e. The van der Waals surface area contributed by atoms with Crippen LogP contribution in [0.1, 0.15) is 18.6 Å². The smallest absolute Gasteiger partial charge is 0.118 e. The Bertz CT molecular complexity index is 281. The van der Waals surface area contributed by atoms with Gasteiger partial charge in [0.15, 0.2) is 0 Å². The highest BCUT2D eigenvalue weighted by molar-refractivity contribution is 5.28. The Kier molecular flexibility index (Phi) is 4.59. The Balaban J connectivity index is 2.83. The quantitative estimate of drug-likeness (QED) is 0.808. The summed E-state index contributed by atoms with van der Waals surface area (Å²) in [4.78, 5) is 0. The van der Waals surface area contributed by atoms with Gasteiger partial charge in [0.1, 0.15) is 5.75 Å². The van der Waals surface area contributed by atoms with Crippen molar-refractivity contribution in [1.82, 2.24) is 0 Å². The maximum atomic E-state index is 9.09. The lowest BCUT2D eigenvalue weighted by molar-refractivity contribution is 0.0328. The fraction of sp³-hybridized carbons (Fsp3) is 0.500. The molecular formula is C12H18O3. The van der Waals surface area contributed by atoms with Crippen molar-refractivity contribution in [2.75, 3.05) is 20.8 Å². The number of aliphatic hydroxyl groups is 1.